The molecule has 11 nitrogen and oxygen atoms in total. The van der Waals surface area contributed by atoms with E-state index in [1.165, 1.54) is 47.6 Å². The topological polar surface area (TPSA) is 140 Å². The number of halogens is 3. The van der Waals surface area contributed by atoms with Gasteiger partial charge in [-0.2, -0.15) is 0 Å². The van der Waals surface area contributed by atoms with Gasteiger partial charge >= 0.3 is 152 Å². The average molecular weight is 1720 g/mol. The van der Waals surface area contributed by atoms with Gasteiger partial charge in [0.05, 0.1) is 71.0 Å². The van der Waals surface area contributed by atoms with Crippen molar-refractivity contribution in [3.8, 4) is 45.2 Å². The zero-order valence-electron chi connectivity index (χ0n) is 53.2. The molecule has 6 aromatic heterocycles. The summed E-state index contributed by atoms with van der Waals surface area (Å²) in [6, 6.07) is 55.0. The molecule has 0 saturated carbocycles. The third-order valence-electron chi connectivity index (χ3n) is 14.1. The normalized spacial score (nSPS) is 11.5. The van der Waals surface area contributed by atoms with E-state index in [9.17, 15) is 4.79 Å². The van der Waals surface area contributed by atoms with Crippen LogP contribution in [-0.4, -0.2) is 52.2 Å². The maximum atomic E-state index is 10.1. The molecule has 0 spiro atoms. The minimum atomic E-state index is -1.97. The number of nitriles is 4. The molecule has 0 aliphatic rings. The molecular weight excluding hydrogens is 1660 g/mol. The van der Waals surface area contributed by atoms with E-state index in [2.05, 4.69) is 167 Å². The number of thiophene rings is 4. The molecule has 6 heterocycles. The molecule has 11 aromatic rings. The Labute approximate surface area is 605 Å². The Kier molecular flexibility index (Phi) is 27.6. The van der Waals surface area contributed by atoms with Crippen LogP contribution in [0.2, 0.25) is 29.6 Å². The van der Waals surface area contributed by atoms with Gasteiger partial charge in [0.2, 0.25) is 0 Å². The van der Waals surface area contributed by atoms with E-state index >= 15 is 0 Å². The van der Waals surface area contributed by atoms with Gasteiger partial charge in [0.25, 0.3) is 22.8 Å². The van der Waals surface area contributed by atoms with Crippen LogP contribution in [0.5, 0.6) is 0 Å². The number of hydrogen-bond acceptors (Lipinski definition) is 9. The van der Waals surface area contributed by atoms with Crippen LogP contribution in [0.1, 0.15) is 59.3 Å². The quantitative estimate of drug-likeness (QED) is 0.0489. The van der Waals surface area contributed by atoms with E-state index in [0.29, 0.717) is 5.56 Å². The van der Waals surface area contributed by atoms with Crippen LogP contribution in [0, 0.1) is 71.6 Å². The van der Waals surface area contributed by atoms with E-state index in [0.717, 1.165) is 72.6 Å². The third kappa shape index (κ3) is 20.1. The van der Waals surface area contributed by atoms with Crippen molar-refractivity contribution in [1.29, 1.82) is 21.0 Å². The summed E-state index contributed by atoms with van der Waals surface area (Å²) in [4.78, 5) is 40.3. The SMILES string of the molecule is CCCn1c2c[c]([Sn]([CH3])([CH3])[CH3])sc2c2s[c]([Sn]([CH3])([CH3])[CH3])cc21.O=Cc1ccc(Br)cc1.[C-]#[N+]/C(C#N)=C\c1ccc(-c2cc3c(s2)c2sc(-c4ccc(/C=C(\C#N)[N+]#[C-])cc4)cc2n3CCC)cc1.[C-]#[N+]/C(C#N)=C\c1ccc(Br)cc1.[C-]#[N+]/C(C#N)=C\c1ccc(Br)cc1. The van der Waals surface area contributed by atoms with Gasteiger partial charge in [-0.15, -0.1) is 22.7 Å². The van der Waals surface area contributed by atoms with Crippen molar-refractivity contribution in [3.05, 3.63) is 255 Å². The third-order valence-corrected chi connectivity index (χ3v) is 39.5. The second kappa shape index (κ2) is 35.2. The van der Waals surface area contributed by atoms with E-state index in [4.69, 9.17) is 47.3 Å². The first-order chi connectivity index (χ1) is 45.5. The molecule has 0 unspecified atom stereocenters. The molecule has 95 heavy (non-hydrogen) atoms. The van der Waals surface area contributed by atoms with Gasteiger partial charge in [-0.25, -0.2) is 40.4 Å². The maximum absolute atomic E-state index is 10.1. The van der Waals surface area contributed by atoms with Crippen molar-refractivity contribution in [2.45, 2.75) is 69.4 Å². The van der Waals surface area contributed by atoms with Crippen molar-refractivity contribution in [2.75, 3.05) is 0 Å². The van der Waals surface area contributed by atoms with Gasteiger partial charge in [0.1, 0.15) is 6.29 Å². The van der Waals surface area contributed by atoms with Gasteiger partial charge in [0.15, 0.2) is 0 Å². The second-order valence-corrected chi connectivity index (χ2v) is 60.9. The van der Waals surface area contributed by atoms with Crippen LogP contribution in [0.4, 0.5) is 0 Å². The molecule has 0 radical (unpaired) electrons. The summed E-state index contributed by atoms with van der Waals surface area (Å²) < 4.78 is 17.1. The number of hydrogen-bond donors (Lipinski definition) is 0. The van der Waals surface area contributed by atoms with Crippen LogP contribution in [0.25, 0.3) is 105 Å². The predicted octanol–water partition coefficient (Wildman–Crippen LogP) is 23.4. The number of aromatic nitrogens is 2. The molecule has 11 rings (SSSR count). The smallest absolute Gasteiger partial charge is 0.262 e. The van der Waals surface area contributed by atoms with Crippen molar-refractivity contribution in [3.63, 3.8) is 0 Å². The maximum Gasteiger partial charge on any atom is 0.262 e. The average Bonchev–Trinajstić information content (AvgIpc) is 1.59. The minimum Gasteiger partial charge on any atom is -0.339 e. The Morgan fingerprint density at radius 1 is 0.421 bits per heavy atom. The Morgan fingerprint density at radius 2 is 0.674 bits per heavy atom. The molecule has 470 valence electrons. The first-order valence-electron chi connectivity index (χ1n) is 29.6. The van der Waals surface area contributed by atoms with E-state index in [-0.39, 0.29) is 22.8 Å². The van der Waals surface area contributed by atoms with Crippen LogP contribution >= 0.6 is 93.1 Å². The van der Waals surface area contributed by atoms with E-state index < -0.39 is 36.8 Å². The minimum absolute atomic E-state index is 0.0745. The number of aldehydes is 1. The fourth-order valence-electron chi connectivity index (χ4n) is 9.33. The predicted molar refractivity (Wildman–Crippen MR) is 416 cm³/mol. The summed E-state index contributed by atoms with van der Waals surface area (Å²) in [6.45, 7) is 34.1. The number of carbonyl (C=O) groups is 1. The van der Waals surface area contributed by atoms with Crippen molar-refractivity contribution >= 4 is 207 Å². The summed E-state index contributed by atoms with van der Waals surface area (Å²) in [7, 11) is 0. The molecule has 0 N–H and O–H groups in total. The zero-order valence-corrected chi connectivity index (χ0v) is 67.0. The fourth-order valence-corrected chi connectivity index (χ4v) is 25.4. The van der Waals surface area contributed by atoms with Gasteiger partial charge in [0, 0.05) is 35.3 Å². The summed E-state index contributed by atoms with van der Waals surface area (Å²) in [5.41, 5.74) is 12.2. The molecule has 0 aliphatic carbocycles. The zero-order chi connectivity index (χ0) is 69.0. The Bertz CT molecular complexity index is 4720. The number of benzene rings is 5. The van der Waals surface area contributed by atoms with Crippen molar-refractivity contribution < 1.29 is 4.79 Å². The van der Waals surface area contributed by atoms with Crippen LogP contribution in [-0.2, 0) is 13.1 Å². The van der Waals surface area contributed by atoms with Gasteiger partial charge < -0.3 is 4.57 Å². The number of aryl methyl sites for hydroxylation is 2. The number of fused-ring (bicyclic) bond motifs is 6. The van der Waals surface area contributed by atoms with Crippen LogP contribution < -0.4 is 5.79 Å². The van der Waals surface area contributed by atoms with Crippen LogP contribution in [0.3, 0.4) is 0 Å². The molecule has 0 aliphatic heterocycles. The summed E-state index contributed by atoms with van der Waals surface area (Å²) in [5, 5.41) is 35.0. The molecule has 0 bridgehead atoms. The molecule has 0 atom stereocenters. The first-order valence-corrected chi connectivity index (χ1v) is 55.2. The first kappa shape index (κ1) is 74.5. The summed E-state index contributed by atoms with van der Waals surface area (Å²) in [6.07, 6.45) is 9.38. The summed E-state index contributed by atoms with van der Waals surface area (Å²) in [5.74, 6) is 0. The Hall–Kier alpha value is -7.91. The standard InChI is InChI=1S/C31H19N5S2.C11H9NS2.2C10H5BrN2.C7H5BrO.6CH3.2Sn/c1-4-13-36-26-16-28(22-9-5-20(6-10-22)14-24(18-32)34-2)37-30(26)31-27(36)17-29(38-31)23-11-7-21(8-12-23)15-25(19-33)35-3;1-2-5-12-8-3-6-13-10(8)11-9(12)4-7-14-11;2*1-13-10(7-12)6-8-2-4-9(11)5-3-8;8-7-3-1-6(5-9)2-4-7;;;;;;;;/h5-12,14-17H,4,13H2,1H3;3-4H,2,5H2,1H3;2*2-6H;1-5H;6*1H3;;/b24-14-,25-15+;;2*10-6-;;;;;;;;;. The largest absolute Gasteiger partial charge is 0.339 e. The fraction of sp³-hybridized carbons (Fsp3) is 0.160. The Balaban J connectivity index is 0.000000188. The molecule has 5 aromatic carbocycles. The van der Waals surface area contributed by atoms with Crippen molar-refractivity contribution in [2.24, 2.45) is 0 Å². The Morgan fingerprint density at radius 3 is 0.916 bits per heavy atom. The number of allylic oxidation sites excluding steroid dienone is 4. The van der Waals surface area contributed by atoms with E-state index in [1.807, 2.05) is 133 Å². The summed E-state index contributed by atoms with van der Waals surface area (Å²) >= 11 is 13.7. The monoisotopic (exact) mass is 1720 g/mol. The van der Waals surface area contributed by atoms with Gasteiger partial charge in [-0.1, -0.05) is 140 Å². The molecule has 0 fully saturated rings. The number of rotatable bonds is 13. The van der Waals surface area contributed by atoms with E-state index in [1.54, 1.807) is 74.3 Å². The van der Waals surface area contributed by atoms with Gasteiger partial charge in [-0.05, 0) is 113 Å². The van der Waals surface area contributed by atoms with Crippen LogP contribution in [0.15, 0.2) is 182 Å². The molecular formula is C75H61Br3N10OS4Sn2. The second-order valence-electron chi connectivity index (χ2n) is 23.1. The molecule has 0 saturated heterocycles. The molecule has 0 amide bonds. The van der Waals surface area contributed by atoms with Gasteiger partial charge in [-0.3, -0.25) is 4.79 Å². The van der Waals surface area contributed by atoms with Crippen molar-refractivity contribution in [1.82, 2.24) is 9.13 Å². The number of carbonyl (C=O) groups excluding carboxylic acids is 1. The molecule has 20 heteroatoms. The number of nitrogens with zero attached hydrogens (tertiary/aromatic N) is 10.